The summed E-state index contributed by atoms with van der Waals surface area (Å²) in [6.45, 7) is 0.885. The van der Waals surface area contributed by atoms with Crippen molar-refractivity contribution in [3.63, 3.8) is 0 Å². The van der Waals surface area contributed by atoms with E-state index in [4.69, 9.17) is 0 Å². The molecule has 0 aliphatic heterocycles. The van der Waals surface area contributed by atoms with E-state index >= 15 is 0 Å². The number of rotatable bonds is 8. The van der Waals surface area contributed by atoms with Crippen LogP contribution >= 0.6 is 23.5 Å². The monoisotopic (exact) mass is 485 g/mol. The third-order valence-electron chi connectivity index (χ3n) is 4.79. The smallest absolute Gasteiger partial charge is 0.279 e. The average Bonchev–Trinajstić information content (AvgIpc) is 2.75. The lowest BCUT2D eigenvalue weighted by atomic mass is 10.2. The molecule has 1 amide bonds. The van der Waals surface area contributed by atoms with Gasteiger partial charge in [0.05, 0.1) is 0 Å². The second kappa shape index (κ2) is 10.2. The topological polar surface area (TPSA) is 52.7 Å². The molecule has 0 fully saturated rings. The molecule has 156 valence electrons. The van der Waals surface area contributed by atoms with Gasteiger partial charge in [0.15, 0.2) is 0 Å². The fraction of sp³-hybridized carbons (Fsp3) is 0.174. The first-order chi connectivity index (χ1) is 14.4. The molecular weight excluding hydrogens is 461 g/mol. The van der Waals surface area contributed by atoms with Crippen LogP contribution in [0.15, 0.2) is 89.4 Å². The molecule has 7 heteroatoms. The zero-order valence-corrected chi connectivity index (χ0v) is 19.5. The maximum atomic E-state index is 14.2. The molecule has 3 rings (SSSR count). The van der Waals surface area contributed by atoms with Crippen LogP contribution in [0.3, 0.4) is 0 Å². The van der Waals surface area contributed by atoms with Gasteiger partial charge in [0, 0.05) is 23.1 Å². The fourth-order valence-corrected chi connectivity index (χ4v) is 5.35. The summed E-state index contributed by atoms with van der Waals surface area (Å²) < 4.78 is 18.5. The normalized spacial score (nSPS) is 11.6. The maximum absolute atomic E-state index is 14.2. The van der Waals surface area contributed by atoms with Crippen LogP contribution in [0, 0.1) is 0 Å². The first kappa shape index (κ1) is 22.4. The van der Waals surface area contributed by atoms with Gasteiger partial charge >= 0.3 is 7.59 Å². The quantitative estimate of drug-likeness (QED) is 0.425. The lowest BCUT2D eigenvalue weighted by molar-refractivity contribution is 0.0974. The van der Waals surface area contributed by atoms with Gasteiger partial charge in [-0.3, -0.25) is 14.4 Å². The minimum atomic E-state index is -3.41. The molecule has 0 radical (unpaired) electrons. The van der Waals surface area contributed by atoms with Crippen LogP contribution in [-0.2, 0) is 17.7 Å². The lowest BCUT2D eigenvalue weighted by Gasteiger charge is -2.35. The molecular formula is C23H25BrN3O2P. The van der Waals surface area contributed by atoms with Gasteiger partial charge in [-0.05, 0) is 49.5 Å². The Balaban J connectivity index is 1.87. The summed E-state index contributed by atoms with van der Waals surface area (Å²) in [5.41, 5.74) is 2.50. The number of carbonyl (C=O) groups excluding carboxylic acids is 1. The third kappa shape index (κ3) is 5.67. The molecule has 0 aromatic heterocycles. The highest BCUT2D eigenvalue weighted by molar-refractivity contribution is 9.10. The first-order valence-corrected chi connectivity index (χ1v) is 12.0. The van der Waals surface area contributed by atoms with Gasteiger partial charge in [-0.15, -0.1) is 0 Å². The number of amides is 1. The van der Waals surface area contributed by atoms with Crippen molar-refractivity contribution in [1.29, 1.82) is 0 Å². The Hall–Kier alpha value is -2.24. The Kier molecular flexibility index (Phi) is 7.62. The van der Waals surface area contributed by atoms with E-state index in [9.17, 15) is 9.36 Å². The number of halogens is 1. The Morgan fingerprint density at radius 3 is 1.67 bits per heavy atom. The highest BCUT2D eigenvalue weighted by Gasteiger charge is 2.35. The summed E-state index contributed by atoms with van der Waals surface area (Å²) in [5, 5.41) is 2.82. The average molecular weight is 486 g/mol. The number of nitrogens with one attached hydrogen (secondary N) is 1. The van der Waals surface area contributed by atoms with E-state index in [0.717, 1.165) is 15.6 Å². The molecule has 3 aromatic carbocycles. The number of benzene rings is 3. The summed E-state index contributed by atoms with van der Waals surface area (Å²) in [5.74, 6) is -0.370. The molecule has 0 saturated heterocycles. The van der Waals surface area contributed by atoms with E-state index in [1.54, 1.807) is 47.7 Å². The predicted octanol–water partition coefficient (Wildman–Crippen LogP) is 5.55. The van der Waals surface area contributed by atoms with Crippen LogP contribution in [-0.4, -0.2) is 29.3 Å². The Morgan fingerprint density at radius 1 is 0.800 bits per heavy atom. The van der Waals surface area contributed by atoms with E-state index in [2.05, 4.69) is 21.0 Å². The van der Waals surface area contributed by atoms with Gasteiger partial charge in [0.25, 0.3) is 5.91 Å². The summed E-state index contributed by atoms with van der Waals surface area (Å²) >= 11 is 3.37. The molecule has 0 spiro atoms. The van der Waals surface area contributed by atoms with E-state index in [0.29, 0.717) is 18.7 Å². The Bertz CT molecular complexity index is 962. The van der Waals surface area contributed by atoms with Gasteiger partial charge in [-0.1, -0.05) is 76.6 Å². The van der Waals surface area contributed by atoms with Crippen molar-refractivity contribution in [1.82, 2.24) is 14.4 Å². The molecule has 0 heterocycles. The van der Waals surface area contributed by atoms with Crippen LogP contribution < -0.4 is 5.09 Å². The van der Waals surface area contributed by atoms with Gasteiger partial charge in [0.1, 0.15) is 0 Å². The minimum Gasteiger partial charge on any atom is -0.279 e. The molecule has 0 saturated carbocycles. The van der Waals surface area contributed by atoms with E-state index in [1.165, 1.54) is 0 Å². The fourth-order valence-electron chi connectivity index (χ4n) is 3.12. The van der Waals surface area contributed by atoms with Crippen LogP contribution in [0.4, 0.5) is 0 Å². The number of nitrogens with zero attached hydrogens (tertiary/aromatic N) is 2. The van der Waals surface area contributed by atoms with Crippen molar-refractivity contribution in [2.75, 3.05) is 14.1 Å². The maximum Gasteiger partial charge on any atom is 0.311 e. The SMILES string of the molecule is CN(Cc1ccccc1)P(=O)(NC(=O)c1ccc(Br)cc1)N(C)Cc1ccccc1. The second-order valence-electron chi connectivity index (χ2n) is 7.09. The zero-order valence-electron chi connectivity index (χ0n) is 17.0. The summed E-state index contributed by atoms with van der Waals surface area (Å²) in [4.78, 5) is 12.9. The number of carbonyl (C=O) groups is 1. The van der Waals surface area contributed by atoms with Crippen molar-refractivity contribution in [3.05, 3.63) is 106 Å². The second-order valence-corrected chi connectivity index (χ2v) is 10.7. The lowest BCUT2D eigenvalue weighted by Crippen LogP contribution is -2.37. The first-order valence-electron chi connectivity index (χ1n) is 9.58. The molecule has 3 aromatic rings. The molecule has 0 aliphatic rings. The van der Waals surface area contributed by atoms with E-state index in [-0.39, 0.29) is 5.91 Å². The van der Waals surface area contributed by atoms with E-state index < -0.39 is 7.59 Å². The summed E-state index contributed by atoms with van der Waals surface area (Å²) in [6.07, 6.45) is 0. The molecule has 0 unspecified atom stereocenters. The Morgan fingerprint density at radius 2 is 1.23 bits per heavy atom. The third-order valence-corrected chi connectivity index (χ3v) is 7.94. The molecule has 30 heavy (non-hydrogen) atoms. The van der Waals surface area contributed by atoms with Crippen molar-refractivity contribution < 1.29 is 9.36 Å². The molecule has 5 nitrogen and oxygen atoms in total. The summed E-state index contributed by atoms with van der Waals surface area (Å²) in [7, 11) is 0.139. The largest absolute Gasteiger partial charge is 0.311 e. The van der Waals surface area contributed by atoms with Gasteiger partial charge in [0.2, 0.25) is 0 Å². The highest BCUT2D eigenvalue weighted by Crippen LogP contribution is 2.49. The molecule has 0 bridgehead atoms. The van der Waals surface area contributed by atoms with Crippen molar-refractivity contribution in [2.24, 2.45) is 0 Å². The predicted molar refractivity (Wildman–Crippen MR) is 125 cm³/mol. The van der Waals surface area contributed by atoms with Crippen LogP contribution in [0.5, 0.6) is 0 Å². The van der Waals surface area contributed by atoms with Crippen molar-refractivity contribution >= 4 is 29.4 Å². The zero-order chi connectivity index (χ0) is 21.6. The van der Waals surface area contributed by atoms with E-state index in [1.807, 2.05) is 60.7 Å². The standard InChI is InChI=1S/C23H25BrN3O2P/c1-26(17-19-9-5-3-6-10-19)30(29,27(2)18-20-11-7-4-8-12-20)25-23(28)21-13-15-22(24)16-14-21/h3-16H,17-18H2,1-2H3,(H,25,28,29). The van der Waals surface area contributed by atoms with Crippen molar-refractivity contribution in [2.45, 2.75) is 13.1 Å². The molecule has 1 N–H and O–H groups in total. The minimum absolute atomic E-state index is 0.370. The van der Waals surface area contributed by atoms with Crippen LogP contribution in [0.25, 0.3) is 0 Å². The Labute approximate surface area is 186 Å². The van der Waals surface area contributed by atoms with Crippen LogP contribution in [0.1, 0.15) is 21.5 Å². The molecule has 0 aliphatic carbocycles. The highest BCUT2D eigenvalue weighted by atomic mass is 79.9. The van der Waals surface area contributed by atoms with Gasteiger partial charge in [-0.25, -0.2) is 9.34 Å². The van der Waals surface area contributed by atoms with Crippen LogP contribution in [0.2, 0.25) is 0 Å². The van der Waals surface area contributed by atoms with Gasteiger partial charge in [-0.2, -0.15) is 0 Å². The van der Waals surface area contributed by atoms with Gasteiger partial charge < -0.3 is 0 Å². The van der Waals surface area contributed by atoms with Crippen molar-refractivity contribution in [3.8, 4) is 0 Å². The molecule has 0 atom stereocenters. The number of hydrogen-bond donors (Lipinski definition) is 1. The summed E-state index contributed by atoms with van der Waals surface area (Å²) in [6, 6.07) is 26.6. The number of hydrogen-bond acceptors (Lipinski definition) is 2.